The number of aryl methyl sites for hydroxylation is 1. The molecule has 0 bridgehead atoms. The van der Waals surface area contributed by atoms with Crippen LogP contribution in [0.2, 0.25) is 5.02 Å². The third-order valence-corrected chi connectivity index (χ3v) is 4.06. The van der Waals surface area contributed by atoms with E-state index in [-0.39, 0.29) is 0 Å². The second-order valence-electron chi connectivity index (χ2n) is 4.64. The zero-order chi connectivity index (χ0) is 13.7. The summed E-state index contributed by atoms with van der Waals surface area (Å²) >= 11 is 9.54. The van der Waals surface area contributed by atoms with Gasteiger partial charge in [0.15, 0.2) is 0 Å². The summed E-state index contributed by atoms with van der Waals surface area (Å²) in [6, 6.07) is 10.2. The van der Waals surface area contributed by atoms with Crippen LogP contribution in [-0.4, -0.2) is 6.04 Å². The predicted octanol–water partition coefficient (Wildman–Crippen LogP) is 4.81. The first-order valence-electron chi connectivity index (χ1n) is 6.35. The van der Waals surface area contributed by atoms with Crippen LogP contribution < -0.4 is 5.32 Å². The number of rotatable bonds is 6. The lowest BCUT2D eigenvalue weighted by atomic mass is 10.1. The average Bonchev–Trinajstić information content (AvgIpc) is 2.90. The number of furan rings is 1. The van der Waals surface area contributed by atoms with E-state index in [2.05, 4.69) is 28.2 Å². The van der Waals surface area contributed by atoms with Crippen LogP contribution in [0.3, 0.4) is 0 Å². The fourth-order valence-corrected chi connectivity index (χ4v) is 2.46. The lowest BCUT2D eigenvalue weighted by Gasteiger charge is -2.14. The molecule has 0 aliphatic heterocycles. The highest BCUT2D eigenvalue weighted by atomic mass is 79.9. The Morgan fingerprint density at radius 2 is 2.21 bits per heavy atom. The molecule has 1 unspecified atom stereocenters. The first-order chi connectivity index (χ1) is 9.15. The highest BCUT2D eigenvalue weighted by Crippen LogP contribution is 2.21. The molecule has 0 aliphatic carbocycles. The molecular weight excluding hydrogens is 326 g/mol. The quantitative estimate of drug-likeness (QED) is 0.815. The van der Waals surface area contributed by atoms with Crippen molar-refractivity contribution < 1.29 is 4.42 Å². The SMILES string of the molecule is CC(CCc1ccco1)NCc1cc(Cl)ccc1Br. The summed E-state index contributed by atoms with van der Waals surface area (Å²) in [7, 11) is 0. The first-order valence-corrected chi connectivity index (χ1v) is 7.52. The van der Waals surface area contributed by atoms with E-state index in [0.29, 0.717) is 6.04 Å². The Bertz CT molecular complexity index is 513. The summed E-state index contributed by atoms with van der Waals surface area (Å²) in [4.78, 5) is 0. The van der Waals surface area contributed by atoms with Gasteiger partial charge in [0, 0.05) is 28.5 Å². The Morgan fingerprint density at radius 1 is 1.37 bits per heavy atom. The topological polar surface area (TPSA) is 25.2 Å². The molecule has 0 radical (unpaired) electrons. The first kappa shape index (κ1) is 14.6. The molecule has 0 spiro atoms. The minimum Gasteiger partial charge on any atom is -0.469 e. The zero-order valence-corrected chi connectivity index (χ0v) is 13.2. The molecule has 0 aliphatic rings. The lowest BCUT2D eigenvalue weighted by molar-refractivity contribution is 0.459. The number of hydrogen-bond acceptors (Lipinski definition) is 2. The van der Waals surface area contributed by atoms with Gasteiger partial charge in [0.05, 0.1) is 6.26 Å². The summed E-state index contributed by atoms with van der Waals surface area (Å²) in [6.07, 6.45) is 3.72. The van der Waals surface area contributed by atoms with E-state index in [1.807, 2.05) is 30.3 Å². The molecule has 0 saturated heterocycles. The molecule has 2 nitrogen and oxygen atoms in total. The Hall–Kier alpha value is -0.770. The van der Waals surface area contributed by atoms with Gasteiger partial charge in [-0.1, -0.05) is 27.5 Å². The Labute approximate surface area is 127 Å². The van der Waals surface area contributed by atoms with Crippen molar-refractivity contribution in [3.8, 4) is 0 Å². The van der Waals surface area contributed by atoms with E-state index in [0.717, 1.165) is 34.6 Å². The maximum absolute atomic E-state index is 6.00. The summed E-state index contributed by atoms with van der Waals surface area (Å²) in [6.45, 7) is 2.99. The van der Waals surface area contributed by atoms with Crippen LogP contribution in [-0.2, 0) is 13.0 Å². The minimum absolute atomic E-state index is 0.427. The van der Waals surface area contributed by atoms with E-state index in [1.54, 1.807) is 6.26 Å². The number of benzene rings is 1. The van der Waals surface area contributed by atoms with E-state index in [1.165, 1.54) is 5.56 Å². The standard InChI is InChI=1S/C15H17BrClNO/c1-11(4-6-14-3-2-8-19-14)18-10-12-9-13(17)5-7-15(12)16/h2-3,5,7-9,11,18H,4,6,10H2,1H3. The van der Waals surface area contributed by atoms with Gasteiger partial charge in [-0.15, -0.1) is 0 Å². The van der Waals surface area contributed by atoms with Crippen LogP contribution in [0, 0.1) is 0 Å². The minimum atomic E-state index is 0.427. The van der Waals surface area contributed by atoms with Crippen molar-refractivity contribution in [2.45, 2.75) is 32.4 Å². The smallest absolute Gasteiger partial charge is 0.103 e. The van der Waals surface area contributed by atoms with Crippen molar-refractivity contribution >= 4 is 27.5 Å². The molecule has 4 heteroatoms. The van der Waals surface area contributed by atoms with Gasteiger partial charge in [-0.3, -0.25) is 0 Å². The van der Waals surface area contributed by atoms with Crippen molar-refractivity contribution in [3.05, 3.63) is 57.4 Å². The van der Waals surface area contributed by atoms with E-state index < -0.39 is 0 Å². The van der Waals surface area contributed by atoms with Gasteiger partial charge in [0.25, 0.3) is 0 Å². The average molecular weight is 343 g/mol. The molecule has 1 N–H and O–H groups in total. The monoisotopic (exact) mass is 341 g/mol. The summed E-state index contributed by atoms with van der Waals surface area (Å²) in [5.41, 5.74) is 1.18. The molecule has 1 aromatic carbocycles. The normalized spacial score (nSPS) is 12.6. The molecule has 1 heterocycles. The fraction of sp³-hybridized carbons (Fsp3) is 0.333. The van der Waals surface area contributed by atoms with E-state index >= 15 is 0 Å². The maximum Gasteiger partial charge on any atom is 0.103 e. The Morgan fingerprint density at radius 3 is 2.95 bits per heavy atom. The lowest BCUT2D eigenvalue weighted by Crippen LogP contribution is -2.26. The van der Waals surface area contributed by atoms with Crippen LogP contribution in [0.4, 0.5) is 0 Å². The van der Waals surface area contributed by atoms with Crippen LogP contribution in [0.5, 0.6) is 0 Å². The van der Waals surface area contributed by atoms with Crippen LogP contribution >= 0.6 is 27.5 Å². The number of hydrogen-bond donors (Lipinski definition) is 1. The van der Waals surface area contributed by atoms with E-state index in [4.69, 9.17) is 16.0 Å². The molecule has 0 amide bonds. The van der Waals surface area contributed by atoms with Gasteiger partial charge in [0.1, 0.15) is 5.76 Å². The Kier molecular flexibility index (Phi) is 5.49. The summed E-state index contributed by atoms with van der Waals surface area (Å²) in [5, 5.41) is 4.27. The third-order valence-electron chi connectivity index (χ3n) is 3.05. The van der Waals surface area contributed by atoms with Gasteiger partial charge in [-0.2, -0.15) is 0 Å². The van der Waals surface area contributed by atoms with Crippen LogP contribution in [0.1, 0.15) is 24.7 Å². The highest BCUT2D eigenvalue weighted by molar-refractivity contribution is 9.10. The number of nitrogens with one attached hydrogen (secondary N) is 1. The molecule has 19 heavy (non-hydrogen) atoms. The molecule has 0 fully saturated rings. The van der Waals surface area contributed by atoms with Gasteiger partial charge in [-0.25, -0.2) is 0 Å². The van der Waals surface area contributed by atoms with Crippen LogP contribution in [0.25, 0.3) is 0 Å². The molecule has 0 saturated carbocycles. The highest BCUT2D eigenvalue weighted by Gasteiger charge is 2.06. The number of halogens is 2. The van der Waals surface area contributed by atoms with Crippen molar-refractivity contribution in [2.24, 2.45) is 0 Å². The van der Waals surface area contributed by atoms with Crippen molar-refractivity contribution in [2.75, 3.05) is 0 Å². The van der Waals surface area contributed by atoms with Gasteiger partial charge in [0.2, 0.25) is 0 Å². The van der Waals surface area contributed by atoms with Gasteiger partial charge in [-0.05, 0) is 49.2 Å². The zero-order valence-electron chi connectivity index (χ0n) is 10.8. The summed E-state index contributed by atoms with van der Waals surface area (Å²) in [5.74, 6) is 1.04. The van der Waals surface area contributed by atoms with Gasteiger partial charge < -0.3 is 9.73 Å². The van der Waals surface area contributed by atoms with Crippen LogP contribution in [0.15, 0.2) is 45.5 Å². The molecule has 102 valence electrons. The second-order valence-corrected chi connectivity index (χ2v) is 5.93. The molecule has 1 aromatic heterocycles. The second kappa shape index (κ2) is 7.13. The molecule has 2 rings (SSSR count). The largest absolute Gasteiger partial charge is 0.469 e. The van der Waals surface area contributed by atoms with Crippen molar-refractivity contribution in [3.63, 3.8) is 0 Å². The maximum atomic E-state index is 6.00. The van der Waals surface area contributed by atoms with Crippen molar-refractivity contribution in [1.29, 1.82) is 0 Å². The fourth-order valence-electron chi connectivity index (χ4n) is 1.88. The molecular formula is C15H17BrClNO. The van der Waals surface area contributed by atoms with Crippen molar-refractivity contribution in [1.82, 2.24) is 5.32 Å². The molecule has 2 aromatic rings. The van der Waals surface area contributed by atoms with E-state index in [9.17, 15) is 0 Å². The summed E-state index contributed by atoms with van der Waals surface area (Å²) < 4.78 is 6.41. The third kappa shape index (κ3) is 4.68. The Balaban J connectivity index is 1.79. The predicted molar refractivity (Wildman–Crippen MR) is 82.5 cm³/mol. The molecule has 1 atom stereocenters. The van der Waals surface area contributed by atoms with Gasteiger partial charge >= 0.3 is 0 Å².